The van der Waals surface area contributed by atoms with Gasteiger partial charge >= 0.3 is 12.2 Å². The molecule has 0 saturated carbocycles. The Kier molecular flexibility index (Phi) is 5.41. The Morgan fingerprint density at radius 1 is 0.639 bits per heavy atom. The van der Waals surface area contributed by atoms with Crippen molar-refractivity contribution in [3.63, 3.8) is 0 Å². The number of hydrogen-bond acceptors (Lipinski definition) is 4. The Morgan fingerprint density at radius 2 is 1.03 bits per heavy atom. The molecule has 1 amide bonds. The largest absolute Gasteiger partial charge is 0.533 e. The molecule has 0 heterocycles. The zero-order valence-corrected chi connectivity index (χ0v) is 19.3. The first-order valence-corrected chi connectivity index (χ1v) is 11.8. The fourth-order valence-electron chi connectivity index (χ4n) is 5.48. The van der Waals surface area contributed by atoms with Gasteiger partial charge < -0.3 is 14.7 Å². The highest BCUT2D eigenvalue weighted by Gasteiger charge is 2.34. The van der Waals surface area contributed by atoms with Gasteiger partial charge in [-0.2, -0.15) is 0 Å². The number of benzene rings is 4. The van der Waals surface area contributed by atoms with Crippen molar-refractivity contribution in [2.24, 2.45) is 0 Å². The molecular formula is C30H23NO5. The summed E-state index contributed by atoms with van der Waals surface area (Å²) >= 11 is 0. The van der Waals surface area contributed by atoms with Gasteiger partial charge in [-0.3, -0.25) is 0 Å². The van der Waals surface area contributed by atoms with Crippen LogP contribution in [0, 0.1) is 0 Å². The molecule has 178 valence electrons. The lowest BCUT2D eigenvalue weighted by Gasteiger charge is -2.23. The minimum Gasteiger partial charge on any atom is -0.463 e. The van der Waals surface area contributed by atoms with Crippen molar-refractivity contribution in [3.05, 3.63) is 119 Å². The molecule has 6 heteroatoms. The number of amides is 1. The maximum absolute atomic E-state index is 12.7. The van der Waals surface area contributed by atoms with E-state index >= 15 is 0 Å². The summed E-state index contributed by atoms with van der Waals surface area (Å²) in [5, 5.41) is 10.5. The van der Waals surface area contributed by atoms with Crippen LogP contribution in [0.1, 0.15) is 34.1 Å². The van der Waals surface area contributed by atoms with E-state index in [0.717, 1.165) is 44.5 Å². The molecule has 0 bridgehead atoms. The van der Waals surface area contributed by atoms with Crippen LogP contribution >= 0.6 is 0 Å². The lowest BCUT2D eigenvalue weighted by Crippen LogP contribution is -2.36. The number of hydrogen-bond donors (Lipinski definition) is 1. The van der Waals surface area contributed by atoms with E-state index in [4.69, 9.17) is 9.57 Å². The van der Waals surface area contributed by atoms with Gasteiger partial charge in [-0.25, -0.2) is 9.59 Å². The van der Waals surface area contributed by atoms with Crippen molar-refractivity contribution in [1.82, 2.24) is 5.06 Å². The fraction of sp³-hybridized carbons (Fsp3) is 0.133. The van der Waals surface area contributed by atoms with Crippen molar-refractivity contribution >= 4 is 12.2 Å². The average Bonchev–Trinajstić information content (AvgIpc) is 3.40. The number of ether oxygens (including phenoxy) is 1. The van der Waals surface area contributed by atoms with E-state index in [1.165, 1.54) is 0 Å². The molecule has 4 aromatic carbocycles. The summed E-state index contributed by atoms with van der Waals surface area (Å²) in [6.07, 6.45) is -2.40. The van der Waals surface area contributed by atoms with Crippen LogP contribution in [0.25, 0.3) is 22.3 Å². The van der Waals surface area contributed by atoms with Crippen molar-refractivity contribution in [1.29, 1.82) is 0 Å². The third-order valence-electron chi connectivity index (χ3n) is 7.04. The molecule has 6 rings (SSSR count). The molecule has 0 aliphatic heterocycles. The van der Waals surface area contributed by atoms with Crippen molar-refractivity contribution in [2.45, 2.75) is 11.8 Å². The fourth-order valence-corrected chi connectivity index (χ4v) is 5.48. The van der Waals surface area contributed by atoms with Gasteiger partial charge in [-0.15, -0.1) is 5.06 Å². The smallest absolute Gasteiger partial charge is 0.463 e. The van der Waals surface area contributed by atoms with Gasteiger partial charge in [0.2, 0.25) is 0 Å². The first kappa shape index (κ1) is 21.9. The molecule has 4 aromatic rings. The number of nitrogens with zero attached hydrogens (tertiary/aromatic N) is 1. The van der Waals surface area contributed by atoms with Crippen LogP contribution in [0.4, 0.5) is 9.59 Å². The van der Waals surface area contributed by atoms with E-state index in [-0.39, 0.29) is 25.0 Å². The standard InChI is InChI=1S/C30H23NO5/c32-29(33)31(17-27-23-13-5-1-9-19(23)20-10-2-6-14-24(20)27)36-30(34)35-18-28-25-15-7-3-11-21(25)22-12-4-8-16-26(22)28/h1-16,27-28H,17-18H2,(H,32,33). The summed E-state index contributed by atoms with van der Waals surface area (Å²) in [5.74, 6) is -0.397. The molecule has 0 saturated heterocycles. The predicted molar refractivity (Wildman–Crippen MR) is 135 cm³/mol. The van der Waals surface area contributed by atoms with Gasteiger partial charge in [0.15, 0.2) is 0 Å². The minimum absolute atomic E-state index is 0.0342. The monoisotopic (exact) mass is 477 g/mol. The van der Waals surface area contributed by atoms with Crippen LogP contribution in [0.3, 0.4) is 0 Å². The Balaban J connectivity index is 1.18. The van der Waals surface area contributed by atoms with Crippen molar-refractivity contribution in [2.75, 3.05) is 13.2 Å². The Morgan fingerprint density at radius 3 is 1.44 bits per heavy atom. The highest BCUT2D eigenvalue weighted by molar-refractivity contribution is 5.80. The van der Waals surface area contributed by atoms with Gasteiger partial charge in [0, 0.05) is 11.8 Å². The summed E-state index contributed by atoms with van der Waals surface area (Å²) in [7, 11) is 0. The minimum atomic E-state index is -1.36. The number of carboxylic acid groups (broad SMARTS) is 1. The van der Waals surface area contributed by atoms with Crippen LogP contribution in [0.2, 0.25) is 0 Å². The van der Waals surface area contributed by atoms with Crippen LogP contribution in [0.5, 0.6) is 0 Å². The molecule has 2 aliphatic rings. The van der Waals surface area contributed by atoms with E-state index in [1.807, 2.05) is 84.9 Å². The molecule has 0 fully saturated rings. The van der Waals surface area contributed by atoms with Crippen LogP contribution in [-0.2, 0) is 9.57 Å². The van der Waals surface area contributed by atoms with Crippen molar-refractivity contribution in [3.8, 4) is 22.3 Å². The molecular weight excluding hydrogens is 454 g/mol. The second-order valence-corrected chi connectivity index (χ2v) is 8.95. The van der Waals surface area contributed by atoms with E-state index in [0.29, 0.717) is 5.06 Å². The topological polar surface area (TPSA) is 76.1 Å². The first-order valence-electron chi connectivity index (χ1n) is 11.8. The molecule has 0 atom stereocenters. The maximum Gasteiger partial charge on any atom is 0.533 e. The number of hydroxylamine groups is 2. The van der Waals surface area contributed by atoms with Crippen LogP contribution in [0.15, 0.2) is 97.1 Å². The number of rotatable bonds is 4. The third-order valence-corrected chi connectivity index (χ3v) is 7.04. The molecule has 0 spiro atoms. The molecule has 2 aliphatic carbocycles. The number of fused-ring (bicyclic) bond motifs is 6. The molecule has 36 heavy (non-hydrogen) atoms. The van der Waals surface area contributed by atoms with Gasteiger partial charge in [0.05, 0.1) is 6.54 Å². The Labute approximate surface area is 208 Å². The Bertz CT molecular complexity index is 1390. The Hall–Kier alpha value is -4.58. The van der Waals surface area contributed by atoms with E-state index < -0.39 is 12.2 Å². The quantitative estimate of drug-likeness (QED) is 0.263. The number of carbonyl (C=O) groups excluding carboxylic acids is 1. The van der Waals surface area contributed by atoms with Crippen LogP contribution in [-0.4, -0.2) is 35.6 Å². The van der Waals surface area contributed by atoms with Crippen LogP contribution < -0.4 is 0 Å². The second kappa shape index (κ2) is 8.89. The average molecular weight is 478 g/mol. The summed E-state index contributed by atoms with van der Waals surface area (Å²) in [4.78, 5) is 29.9. The molecule has 6 nitrogen and oxygen atoms in total. The summed E-state index contributed by atoms with van der Waals surface area (Å²) < 4.78 is 5.46. The normalized spacial score (nSPS) is 13.3. The summed E-state index contributed by atoms with van der Waals surface area (Å²) in [6, 6.07) is 31.8. The van der Waals surface area contributed by atoms with E-state index in [2.05, 4.69) is 12.1 Å². The van der Waals surface area contributed by atoms with Gasteiger partial charge in [-0.05, 0) is 44.5 Å². The molecule has 0 aromatic heterocycles. The second-order valence-electron chi connectivity index (χ2n) is 8.95. The molecule has 0 radical (unpaired) electrons. The van der Waals surface area contributed by atoms with E-state index in [1.54, 1.807) is 0 Å². The highest BCUT2D eigenvalue weighted by Crippen LogP contribution is 2.46. The predicted octanol–water partition coefficient (Wildman–Crippen LogP) is 6.66. The van der Waals surface area contributed by atoms with Crippen molar-refractivity contribution < 1.29 is 24.3 Å². The number of carbonyl (C=O) groups is 2. The summed E-state index contributed by atoms with van der Waals surface area (Å²) in [6.45, 7) is 0.0168. The van der Waals surface area contributed by atoms with Gasteiger partial charge in [0.25, 0.3) is 0 Å². The van der Waals surface area contributed by atoms with E-state index in [9.17, 15) is 14.7 Å². The SMILES string of the molecule is O=C(OCC1c2ccccc2-c2ccccc21)ON(CC1c2ccccc2-c2ccccc21)C(=O)O. The molecule has 1 N–H and O–H groups in total. The third kappa shape index (κ3) is 3.67. The van der Waals surface area contributed by atoms with Gasteiger partial charge in [0.1, 0.15) is 6.61 Å². The lowest BCUT2D eigenvalue weighted by molar-refractivity contribution is -0.106. The highest BCUT2D eigenvalue weighted by atomic mass is 16.8. The zero-order chi connectivity index (χ0) is 24.6. The lowest BCUT2D eigenvalue weighted by atomic mass is 9.97. The summed E-state index contributed by atoms with van der Waals surface area (Å²) in [5.41, 5.74) is 8.49. The maximum atomic E-state index is 12.7. The van der Waals surface area contributed by atoms with Gasteiger partial charge in [-0.1, -0.05) is 97.1 Å². The zero-order valence-electron chi connectivity index (χ0n) is 19.3. The molecule has 0 unspecified atom stereocenters. The first-order chi connectivity index (χ1) is 17.6.